The molecule has 0 aliphatic carbocycles. The Morgan fingerprint density at radius 2 is 1.64 bits per heavy atom. The van der Waals surface area contributed by atoms with Crippen molar-refractivity contribution in [1.82, 2.24) is 4.89 Å². The van der Waals surface area contributed by atoms with Crippen molar-refractivity contribution in [3.63, 3.8) is 0 Å². The van der Waals surface area contributed by atoms with Gasteiger partial charge in [0.2, 0.25) is 0 Å². The molecule has 0 aromatic heterocycles. The van der Waals surface area contributed by atoms with Crippen LogP contribution in [-0.2, 0) is 19.2 Å². The molecular formula is CH4F3LiNO6PS. The number of halogens is 3. The Morgan fingerprint density at radius 3 is 1.86 bits per heavy atom. The topological polar surface area (TPSA) is 113 Å². The monoisotopic (exact) mass is 253 g/mol. The number of phosphoric acid groups is 1. The van der Waals surface area contributed by atoms with Crippen LogP contribution in [0.15, 0.2) is 0 Å². The van der Waals surface area contributed by atoms with Gasteiger partial charge >= 0.3 is 42.2 Å². The fourth-order valence-corrected chi connectivity index (χ4v) is 1.02. The molecular weight excluding hydrogens is 249 g/mol. The van der Waals surface area contributed by atoms with Crippen LogP contribution in [0.5, 0.6) is 0 Å². The van der Waals surface area contributed by atoms with Crippen LogP contribution in [0.2, 0.25) is 0 Å². The van der Waals surface area contributed by atoms with E-state index in [0.29, 0.717) is 0 Å². The third kappa shape index (κ3) is 6.00. The number of nitrogens with one attached hydrogen (secondary N) is 1. The molecule has 0 saturated heterocycles. The fourth-order valence-electron chi connectivity index (χ4n) is 0.145. The summed E-state index contributed by atoms with van der Waals surface area (Å²) >= 11 is 0. The summed E-state index contributed by atoms with van der Waals surface area (Å²) < 4.78 is 67.0. The van der Waals surface area contributed by atoms with E-state index < -0.39 is 23.4 Å². The molecule has 0 spiro atoms. The van der Waals surface area contributed by atoms with Gasteiger partial charge in [0, 0.05) is 0 Å². The summed E-state index contributed by atoms with van der Waals surface area (Å²) in [6.07, 6.45) is 0. The van der Waals surface area contributed by atoms with Gasteiger partial charge in [-0.3, -0.25) is 0 Å². The Hall–Kier alpha value is 0.407. The Kier molecular flexibility index (Phi) is 5.96. The van der Waals surface area contributed by atoms with Crippen molar-refractivity contribution >= 4 is 36.7 Å². The molecule has 0 aliphatic heterocycles. The first-order valence-corrected chi connectivity index (χ1v) is 5.29. The zero-order valence-corrected chi connectivity index (χ0v) is 7.23. The minimum atomic E-state index is -5.90. The molecule has 0 aromatic carbocycles. The van der Waals surface area contributed by atoms with Crippen molar-refractivity contribution < 1.29 is 40.6 Å². The molecule has 0 rings (SSSR count). The maximum atomic E-state index is 11.4. The molecule has 13 heteroatoms. The van der Waals surface area contributed by atoms with E-state index in [4.69, 9.17) is 9.79 Å². The fraction of sp³-hybridized carbons (Fsp3) is 1.00. The zero-order chi connectivity index (χ0) is 10.9. The van der Waals surface area contributed by atoms with Crippen LogP contribution in [-0.4, -0.2) is 42.6 Å². The molecule has 0 atom stereocenters. The van der Waals surface area contributed by atoms with E-state index in [-0.39, 0.29) is 23.7 Å². The van der Waals surface area contributed by atoms with Crippen molar-refractivity contribution in [2.75, 3.05) is 0 Å². The van der Waals surface area contributed by atoms with E-state index in [1.54, 1.807) is 0 Å². The Morgan fingerprint density at radius 1 is 1.29 bits per heavy atom. The van der Waals surface area contributed by atoms with Gasteiger partial charge in [0.1, 0.15) is 0 Å². The van der Waals surface area contributed by atoms with Gasteiger partial charge in [-0.1, -0.05) is 4.89 Å². The van der Waals surface area contributed by atoms with Gasteiger partial charge in [-0.2, -0.15) is 17.8 Å². The number of hydrogen-bond acceptors (Lipinski definition) is 4. The van der Waals surface area contributed by atoms with Crippen LogP contribution in [0.1, 0.15) is 0 Å². The van der Waals surface area contributed by atoms with Gasteiger partial charge in [0.15, 0.2) is 0 Å². The predicted molar refractivity (Wildman–Crippen MR) is 38.4 cm³/mol. The molecule has 0 saturated carbocycles. The van der Waals surface area contributed by atoms with Crippen LogP contribution in [0.4, 0.5) is 13.2 Å². The quantitative estimate of drug-likeness (QED) is 0.331. The van der Waals surface area contributed by atoms with Crippen molar-refractivity contribution in [3.05, 3.63) is 0 Å². The van der Waals surface area contributed by atoms with Crippen molar-refractivity contribution in [2.24, 2.45) is 0 Å². The third-order valence-electron chi connectivity index (χ3n) is 0.571. The van der Waals surface area contributed by atoms with E-state index in [1.165, 1.54) is 0 Å². The molecule has 0 fully saturated rings. The average molecular weight is 253 g/mol. The maximum absolute atomic E-state index is 11.4. The average Bonchev–Trinajstić information content (AvgIpc) is 1.79. The summed E-state index contributed by atoms with van der Waals surface area (Å²) in [4.78, 5) is 15.9. The first-order valence-electron chi connectivity index (χ1n) is 2.28. The summed E-state index contributed by atoms with van der Waals surface area (Å²) in [6.45, 7) is 0. The van der Waals surface area contributed by atoms with Crippen molar-refractivity contribution in [2.45, 2.75) is 5.51 Å². The van der Waals surface area contributed by atoms with E-state index in [1.807, 2.05) is 0 Å². The number of hydrogen-bond donors (Lipinski definition) is 3. The SMILES string of the molecule is O=P(O)(O)ONS(=O)(=O)C(F)(F)F.[LiH]. The molecule has 7 nitrogen and oxygen atoms in total. The molecule has 0 radical (unpaired) electrons. The van der Waals surface area contributed by atoms with Gasteiger partial charge in [0.25, 0.3) is 0 Å². The molecule has 3 N–H and O–H groups in total. The molecule has 0 amide bonds. The van der Waals surface area contributed by atoms with E-state index in [2.05, 4.69) is 4.62 Å². The van der Waals surface area contributed by atoms with E-state index >= 15 is 0 Å². The van der Waals surface area contributed by atoms with Crippen LogP contribution in [0.3, 0.4) is 0 Å². The van der Waals surface area contributed by atoms with E-state index in [0.717, 1.165) is 0 Å². The van der Waals surface area contributed by atoms with Crippen molar-refractivity contribution in [3.8, 4) is 0 Å². The van der Waals surface area contributed by atoms with Gasteiger partial charge in [-0.25, -0.2) is 13.0 Å². The Balaban J connectivity index is 0. The minimum absolute atomic E-state index is 0. The van der Waals surface area contributed by atoms with Crippen LogP contribution in [0, 0.1) is 0 Å². The molecule has 0 aromatic rings. The second-order valence-corrected chi connectivity index (χ2v) is 4.41. The van der Waals surface area contributed by atoms with Gasteiger partial charge < -0.3 is 9.79 Å². The van der Waals surface area contributed by atoms with E-state index in [9.17, 15) is 26.2 Å². The number of alkyl halides is 3. The molecule has 0 heterocycles. The van der Waals surface area contributed by atoms with Crippen LogP contribution < -0.4 is 4.89 Å². The first kappa shape index (κ1) is 16.8. The second-order valence-electron chi connectivity index (χ2n) is 1.61. The van der Waals surface area contributed by atoms with Gasteiger partial charge in [-0.05, 0) is 0 Å². The van der Waals surface area contributed by atoms with Gasteiger partial charge in [0.05, 0.1) is 0 Å². The normalized spacial score (nSPS) is 13.5. The summed E-state index contributed by atoms with van der Waals surface area (Å²) in [5, 5.41) is 0. The second kappa shape index (κ2) is 4.96. The summed E-state index contributed by atoms with van der Waals surface area (Å²) in [5.41, 5.74) is -5.69. The standard InChI is InChI=1S/CH3F3NO6PS.Li.H/c2-1(3,4)13(9,10)5-11-12(6,7)8;;/h5H,(H2,6,7,8);;. The first-order chi connectivity index (χ1) is 5.46. The van der Waals surface area contributed by atoms with Crippen molar-refractivity contribution in [1.29, 1.82) is 0 Å². The number of rotatable bonds is 3. The Bertz CT molecular complexity index is 318. The summed E-state index contributed by atoms with van der Waals surface area (Å²) in [5.74, 6) is 0. The molecule has 0 bridgehead atoms. The molecule has 0 aliphatic rings. The summed E-state index contributed by atoms with van der Waals surface area (Å²) in [6, 6.07) is 0. The van der Waals surface area contributed by atoms with Crippen LogP contribution >= 0.6 is 7.82 Å². The molecule has 82 valence electrons. The summed E-state index contributed by atoms with van der Waals surface area (Å²) in [7, 11) is -11.2. The molecule has 0 unspecified atom stereocenters. The third-order valence-corrected chi connectivity index (χ3v) is 1.94. The molecule has 14 heavy (non-hydrogen) atoms. The Labute approximate surface area is 88.0 Å². The van der Waals surface area contributed by atoms with Crippen LogP contribution in [0.25, 0.3) is 0 Å². The predicted octanol–water partition coefficient (Wildman–Crippen LogP) is -1.20. The van der Waals surface area contributed by atoms with Gasteiger partial charge in [-0.15, -0.1) is 0 Å². The zero-order valence-electron chi connectivity index (χ0n) is 5.52. The number of sulfonamides is 1.